The van der Waals surface area contributed by atoms with Crippen molar-refractivity contribution in [2.24, 2.45) is 0 Å². The summed E-state index contributed by atoms with van der Waals surface area (Å²) in [5.41, 5.74) is -1.49. The molecule has 182 valence electrons. The van der Waals surface area contributed by atoms with E-state index in [1.165, 1.54) is 12.1 Å². The average molecular weight is 480 g/mol. The molecule has 3 aliphatic carbocycles. The summed E-state index contributed by atoms with van der Waals surface area (Å²) in [6.07, 6.45) is -2.90. The van der Waals surface area contributed by atoms with Crippen LogP contribution in [0.2, 0.25) is 0 Å². The van der Waals surface area contributed by atoms with Crippen LogP contribution in [0.1, 0.15) is 60.2 Å². The third kappa shape index (κ3) is 4.22. The molecule has 1 amide bonds. The molecule has 1 aromatic heterocycles. The van der Waals surface area contributed by atoms with Crippen molar-refractivity contribution in [3.8, 4) is 0 Å². The Morgan fingerprint density at radius 2 is 1.91 bits per heavy atom. The number of carbonyl (C=O) groups is 1. The number of aromatic nitrogens is 2. The highest BCUT2D eigenvalue weighted by Gasteiger charge is 2.69. The number of nitrogens with zero attached hydrogens (tertiary/aromatic N) is 2. The third-order valence-electron chi connectivity index (χ3n) is 6.48. The van der Waals surface area contributed by atoms with Gasteiger partial charge in [0.1, 0.15) is 23.1 Å². The predicted octanol–water partition coefficient (Wildman–Crippen LogP) is 3.82. The van der Waals surface area contributed by atoms with Gasteiger partial charge in [-0.1, -0.05) is 18.2 Å². The van der Waals surface area contributed by atoms with Crippen molar-refractivity contribution in [3.05, 3.63) is 52.2 Å². The number of aryl methyl sites for hydroxylation is 1. The van der Waals surface area contributed by atoms with Crippen LogP contribution in [0.15, 0.2) is 18.2 Å². The van der Waals surface area contributed by atoms with Crippen LogP contribution in [0, 0.1) is 12.7 Å². The number of alkyl halides is 3. The molecule has 1 saturated heterocycles. The number of nitrogens with one attached hydrogen (secondary N) is 2. The molecule has 34 heavy (non-hydrogen) atoms. The first-order valence-corrected chi connectivity index (χ1v) is 11.1. The minimum atomic E-state index is -2.93. The lowest BCUT2D eigenvalue weighted by molar-refractivity contribution is -0.174. The summed E-state index contributed by atoms with van der Waals surface area (Å²) >= 11 is 0. The summed E-state index contributed by atoms with van der Waals surface area (Å²) in [6.45, 7) is 2.17. The van der Waals surface area contributed by atoms with E-state index in [-0.39, 0.29) is 30.3 Å². The second kappa shape index (κ2) is 8.46. The first-order chi connectivity index (χ1) is 16.2. The van der Waals surface area contributed by atoms with Gasteiger partial charge in [-0.15, -0.1) is 0 Å². The highest BCUT2D eigenvalue weighted by Crippen LogP contribution is 2.62. The minimum Gasteiger partial charge on any atom is -0.365 e. The molecule has 0 radical (unpaired) electrons. The molecular formula is C23H24F4N4O3. The van der Waals surface area contributed by atoms with Crippen LogP contribution >= 0.6 is 0 Å². The summed E-state index contributed by atoms with van der Waals surface area (Å²) in [7, 11) is 0. The second-order valence-corrected chi connectivity index (χ2v) is 9.21. The molecule has 2 bridgehead atoms. The topological polar surface area (TPSA) is 85.4 Å². The van der Waals surface area contributed by atoms with Gasteiger partial charge in [0, 0.05) is 36.9 Å². The Kier molecular flexibility index (Phi) is 5.71. The first-order valence-electron chi connectivity index (χ1n) is 11.1. The van der Waals surface area contributed by atoms with Gasteiger partial charge < -0.3 is 20.1 Å². The van der Waals surface area contributed by atoms with E-state index in [2.05, 4.69) is 20.6 Å². The number of hydrogen-bond acceptors (Lipinski definition) is 6. The summed E-state index contributed by atoms with van der Waals surface area (Å²) < 4.78 is 65.7. The maximum atomic E-state index is 14.5. The maximum Gasteiger partial charge on any atom is 0.266 e. The van der Waals surface area contributed by atoms with Crippen LogP contribution in [0.4, 0.5) is 23.4 Å². The zero-order valence-corrected chi connectivity index (χ0v) is 18.5. The van der Waals surface area contributed by atoms with Gasteiger partial charge in [0.25, 0.3) is 6.43 Å². The lowest BCUT2D eigenvalue weighted by Gasteiger charge is -2.65. The molecule has 11 heteroatoms. The van der Waals surface area contributed by atoms with Gasteiger partial charge in [0.05, 0.1) is 36.5 Å². The Bertz CT molecular complexity index is 1100. The number of rotatable bonds is 8. The Morgan fingerprint density at radius 3 is 2.56 bits per heavy atom. The van der Waals surface area contributed by atoms with Crippen molar-refractivity contribution < 1.29 is 31.8 Å². The van der Waals surface area contributed by atoms with Crippen LogP contribution < -0.4 is 10.6 Å². The van der Waals surface area contributed by atoms with Crippen molar-refractivity contribution in [2.45, 2.75) is 63.1 Å². The SMILES string of the molecule is Cc1nc(CC(=O)NC23CC(F)(C2)C3)c(C2OCCO2)c(NCc2cccc(C(F)F)c2F)n1. The van der Waals surface area contributed by atoms with Crippen molar-refractivity contribution in [2.75, 3.05) is 18.5 Å². The maximum absolute atomic E-state index is 14.5. The summed E-state index contributed by atoms with van der Waals surface area (Å²) in [6, 6.07) is 3.80. The fourth-order valence-electron chi connectivity index (χ4n) is 5.05. The van der Waals surface area contributed by atoms with Crippen LogP contribution in [0.25, 0.3) is 0 Å². The average Bonchev–Trinajstić information content (AvgIpc) is 3.24. The van der Waals surface area contributed by atoms with Crippen molar-refractivity contribution in [1.82, 2.24) is 15.3 Å². The molecule has 2 aromatic rings. The molecule has 0 spiro atoms. The Labute approximate surface area is 193 Å². The van der Waals surface area contributed by atoms with E-state index in [9.17, 15) is 22.4 Å². The number of halogens is 4. The summed E-state index contributed by atoms with van der Waals surface area (Å²) in [4.78, 5) is 21.5. The van der Waals surface area contributed by atoms with Crippen LogP contribution in [-0.2, 0) is 27.2 Å². The molecule has 1 aliphatic heterocycles. The van der Waals surface area contributed by atoms with Gasteiger partial charge in [0.2, 0.25) is 5.91 Å². The fourth-order valence-corrected chi connectivity index (χ4v) is 5.05. The van der Waals surface area contributed by atoms with E-state index in [0.717, 1.165) is 6.07 Å². The number of benzene rings is 1. The molecular weight excluding hydrogens is 456 g/mol. The molecule has 6 rings (SSSR count). The van der Waals surface area contributed by atoms with Gasteiger partial charge in [-0.3, -0.25) is 4.79 Å². The third-order valence-corrected chi connectivity index (χ3v) is 6.48. The van der Waals surface area contributed by atoms with Crippen LogP contribution in [-0.4, -0.2) is 40.3 Å². The van der Waals surface area contributed by atoms with Crippen molar-refractivity contribution >= 4 is 11.7 Å². The molecule has 0 atom stereocenters. The quantitative estimate of drug-likeness (QED) is 0.559. The highest BCUT2D eigenvalue weighted by atomic mass is 19.3. The lowest BCUT2D eigenvalue weighted by atomic mass is 9.47. The van der Waals surface area contributed by atoms with Crippen molar-refractivity contribution in [3.63, 3.8) is 0 Å². The van der Waals surface area contributed by atoms with Gasteiger partial charge in [-0.25, -0.2) is 27.5 Å². The van der Waals surface area contributed by atoms with Gasteiger partial charge >= 0.3 is 0 Å². The first kappa shape index (κ1) is 23.0. The molecule has 0 unspecified atom stereocenters. The Morgan fingerprint density at radius 1 is 1.21 bits per heavy atom. The van der Waals surface area contributed by atoms with E-state index in [4.69, 9.17) is 9.47 Å². The van der Waals surface area contributed by atoms with Gasteiger partial charge in [0.15, 0.2) is 6.29 Å². The number of ether oxygens (including phenoxy) is 2. The molecule has 7 nitrogen and oxygen atoms in total. The predicted molar refractivity (Wildman–Crippen MR) is 112 cm³/mol. The van der Waals surface area contributed by atoms with E-state index in [1.807, 2.05) is 0 Å². The highest BCUT2D eigenvalue weighted by molar-refractivity contribution is 5.80. The Hall–Kier alpha value is -2.79. The standard InChI is InChI=1S/C23H24F4N4O3/c1-12-29-15(7-16(32)31-23-9-22(27,10-23)11-23)17(21-33-5-6-34-21)20(30-12)28-8-13-3-2-4-14(18(13)24)19(25)26/h2-4,19,21H,5-11H2,1H3,(H,31,32)(H,28,29,30). The molecule has 4 fully saturated rings. The number of amides is 1. The van der Waals surface area contributed by atoms with Crippen LogP contribution in [0.3, 0.4) is 0 Å². The lowest BCUT2D eigenvalue weighted by Crippen LogP contribution is -2.76. The van der Waals surface area contributed by atoms with Gasteiger partial charge in [-0.2, -0.15) is 0 Å². The second-order valence-electron chi connectivity index (χ2n) is 9.21. The van der Waals surface area contributed by atoms with E-state index in [1.54, 1.807) is 6.92 Å². The zero-order chi connectivity index (χ0) is 24.1. The zero-order valence-electron chi connectivity index (χ0n) is 18.5. The molecule has 4 aliphatic rings. The van der Waals surface area contributed by atoms with E-state index >= 15 is 0 Å². The van der Waals surface area contributed by atoms with E-state index in [0.29, 0.717) is 49.6 Å². The molecule has 1 aromatic carbocycles. The monoisotopic (exact) mass is 480 g/mol. The largest absolute Gasteiger partial charge is 0.365 e. The van der Waals surface area contributed by atoms with Gasteiger partial charge in [-0.05, 0) is 6.92 Å². The van der Waals surface area contributed by atoms with E-state index < -0.39 is 35.3 Å². The van der Waals surface area contributed by atoms with Crippen molar-refractivity contribution in [1.29, 1.82) is 0 Å². The molecule has 3 saturated carbocycles. The molecule has 2 heterocycles. The fraction of sp³-hybridized carbons (Fsp3) is 0.522. The summed E-state index contributed by atoms with van der Waals surface area (Å²) in [5.74, 6) is -0.686. The Balaban J connectivity index is 1.39. The van der Waals surface area contributed by atoms with Crippen LogP contribution in [0.5, 0.6) is 0 Å². The number of anilines is 1. The smallest absolute Gasteiger partial charge is 0.266 e. The number of hydrogen-bond donors (Lipinski definition) is 2. The number of carbonyl (C=O) groups excluding carboxylic acids is 1. The minimum absolute atomic E-state index is 0.0383. The molecule has 2 N–H and O–H groups in total. The normalized spacial score (nSPS) is 25.7. The summed E-state index contributed by atoms with van der Waals surface area (Å²) in [5, 5.41) is 5.88.